The molecule has 0 aliphatic heterocycles. The third-order valence-electron chi connectivity index (χ3n) is 3.53. The normalized spacial score (nSPS) is 32.0. The number of aliphatic imine (C=N–C) groups is 1. The molecule has 0 spiro atoms. The number of carbonyl (C=O) groups is 2. The van der Waals surface area contributed by atoms with Crippen molar-refractivity contribution < 1.29 is 24.2 Å². The molecule has 2 bridgehead atoms. The van der Waals surface area contributed by atoms with E-state index >= 15 is 0 Å². The predicted molar refractivity (Wildman–Crippen MR) is 59.3 cm³/mol. The predicted octanol–water partition coefficient (Wildman–Crippen LogP) is 0.388. The van der Waals surface area contributed by atoms with Gasteiger partial charge in [-0.1, -0.05) is 12.2 Å². The zero-order chi connectivity index (χ0) is 13.1. The van der Waals surface area contributed by atoms with Gasteiger partial charge in [-0.3, -0.25) is 9.59 Å². The highest BCUT2D eigenvalue weighted by Crippen LogP contribution is 2.48. The number of carboxylic acids is 1. The number of ether oxygens (including phenoxy) is 1. The monoisotopic (exact) mass is 251 g/mol. The number of rotatable bonds is 5. The molecular formula is C12H13NO5. The van der Waals surface area contributed by atoms with Crippen molar-refractivity contribution in [2.45, 2.75) is 6.42 Å². The van der Waals surface area contributed by atoms with Gasteiger partial charge in [-0.25, -0.2) is 9.79 Å². The maximum atomic E-state index is 11.9. The van der Waals surface area contributed by atoms with Crippen LogP contribution in [-0.4, -0.2) is 36.3 Å². The fourth-order valence-electron chi connectivity index (χ4n) is 2.81. The Morgan fingerprint density at radius 2 is 2.00 bits per heavy atom. The average molecular weight is 251 g/mol. The smallest absolute Gasteiger partial charge is 0.310 e. The Bertz CT molecular complexity index is 438. The molecule has 1 fully saturated rings. The zero-order valence-corrected chi connectivity index (χ0v) is 9.61. The summed E-state index contributed by atoms with van der Waals surface area (Å²) < 4.78 is 4.95. The Morgan fingerprint density at radius 3 is 2.61 bits per heavy atom. The van der Waals surface area contributed by atoms with Crippen molar-refractivity contribution >= 4 is 18.0 Å². The number of isocyanates is 1. The number of carboxylic acid groups (broad SMARTS) is 1. The van der Waals surface area contributed by atoms with E-state index in [9.17, 15) is 14.4 Å². The molecule has 2 rings (SSSR count). The second kappa shape index (κ2) is 5.14. The van der Waals surface area contributed by atoms with E-state index in [-0.39, 0.29) is 25.0 Å². The van der Waals surface area contributed by atoms with E-state index in [1.807, 2.05) is 12.2 Å². The fourth-order valence-corrected chi connectivity index (χ4v) is 2.81. The van der Waals surface area contributed by atoms with Gasteiger partial charge >= 0.3 is 11.9 Å². The van der Waals surface area contributed by atoms with E-state index in [4.69, 9.17) is 9.84 Å². The molecule has 2 aliphatic rings. The second-order valence-corrected chi connectivity index (χ2v) is 4.48. The van der Waals surface area contributed by atoms with Crippen molar-refractivity contribution in [1.82, 2.24) is 0 Å². The third kappa shape index (κ3) is 2.19. The van der Waals surface area contributed by atoms with Crippen LogP contribution in [0.25, 0.3) is 0 Å². The molecule has 0 radical (unpaired) electrons. The first-order chi connectivity index (χ1) is 8.65. The number of aliphatic carboxylic acids is 1. The number of esters is 1. The first kappa shape index (κ1) is 12.5. The highest BCUT2D eigenvalue weighted by Gasteiger charge is 2.52. The van der Waals surface area contributed by atoms with Gasteiger partial charge in [0.2, 0.25) is 6.08 Å². The van der Waals surface area contributed by atoms with Crippen LogP contribution in [0.15, 0.2) is 17.1 Å². The number of carbonyl (C=O) groups excluding carboxylic acids is 2. The fraction of sp³-hybridized carbons (Fsp3) is 0.583. The van der Waals surface area contributed by atoms with E-state index < -0.39 is 23.8 Å². The van der Waals surface area contributed by atoms with Crippen LogP contribution >= 0.6 is 0 Å². The SMILES string of the molecule is O=C=NCCOC(=O)C1C2C=CC(C2)C1C(=O)O. The van der Waals surface area contributed by atoms with Crippen molar-refractivity contribution in [3.8, 4) is 0 Å². The standard InChI is InChI=1S/C12H13NO5/c14-6-13-3-4-18-12(17)10-8-2-1-7(5-8)9(10)11(15)16/h1-2,7-10H,3-5H2,(H,15,16). The lowest BCUT2D eigenvalue weighted by atomic mass is 9.83. The highest BCUT2D eigenvalue weighted by molar-refractivity contribution is 5.83. The van der Waals surface area contributed by atoms with E-state index in [1.54, 1.807) is 0 Å². The van der Waals surface area contributed by atoms with Crippen molar-refractivity contribution in [3.05, 3.63) is 12.2 Å². The summed E-state index contributed by atoms with van der Waals surface area (Å²) in [6, 6.07) is 0. The minimum atomic E-state index is -0.959. The van der Waals surface area contributed by atoms with Crippen LogP contribution in [0.2, 0.25) is 0 Å². The Labute approximate surface area is 103 Å². The summed E-state index contributed by atoms with van der Waals surface area (Å²) >= 11 is 0. The van der Waals surface area contributed by atoms with Crippen molar-refractivity contribution in [2.75, 3.05) is 13.2 Å². The molecule has 96 valence electrons. The number of nitrogens with zero attached hydrogens (tertiary/aromatic N) is 1. The lowest BCUT2D eigenvalue weighted by Crippen LogP contribution is -2.34. The van der Waals surface area contributed by atoms with Crippen LogP contribution in [0, 0.1) is 23.7 Å². The van der Waals surface area contributed by atoms with Gasteiger partial charge in [0.25, 0.3) is 0 Å². The summed E-state index contributed by atoms with van der Waals surface area (Å²) in [5, 5.41) is 9.15. The summed E-state index contributed by atoms with van der Waals surface area (Å²) in [5.74, 6) is -2.89. The number of allylic oxidation sites excluding steroid dienone is 2. The third-order valence-corrected chi connectivity index (χ3v) is 3.53. The van der Waals surface area contributed by atoms with Gasteiger partial charge in [-0.05, 0) is 18.3 Å². The molecule has 2 aliphatic carbocycles. The van der Waals surface area contributed by atoms with Gasteiger partial charge in [0, 0.05) is 0 Å². The van der Waals surface area contributed by atoms with E-state index in [2.05, 4.69) is 4.99 Å². The number of fused-ring (bicyclic) bond motifs is 2. The summed E-state index contributed by atoms with van der Waals surface area (Å²) in [5.41, 5.74) is 0. The Morgan fingerprint density at radius 1 is 1.33 bits per heavy atom. The van der Waals surface area contributed by atoms with Gasteiger partial charge in [0.1, 0.15) is 6.61 Å². The molecule has 0 amide bonds. The average Bonchev–Trinajstić information content (AvgIpc) is 2.94. The summed E-state index contributed by atoms with van der Waals surface area (Å²) in [6.07, 6.45) is 5.79. The zero-order valence-electron chi connectivity index (χ0n) is 9.61. The summed E-state index contributed by atoms with van der Waals surface area (Å²) in [4.78, 5) is 36.1. The van der Waals surface area contributed by atoms with Crippen molar-refractivity contribution in [2.24, 2.45) is 28.7 Å². The van der Waals surface area contributed by atoms with Crippen molar-refractivity contribution in [3.63, 3.8) is 0 Å². The molecular weight excluding hydrogens is 238 g/mol. The van der Waals surface area contributed by atoms with Gasteiger partial charge in [0.05, 0.1) is 18.4 Å². The van der Waals surface area contributed by atoms with Crippen LogP contribution in [0.4, 0.5) is 0 Å². The molecule has 4 atom stereocenters. The van der Waals surface area contributed by atoms with E-state index in [1.165, 1.54) is 6.08 Å². The maximum Gasteiger partial charge on any atom is 0.310 e. The van der Waals surface area contributed by atoms with Gasteiger partial charge < -0.3 is 9.84 Å². The van der Waals surface area contributed by atoms with E-state index in [0.717, 1.165) is 0 Å². The molecule has 0 aromatic rings. The van der Waals surface area contributed by atoms with Gasteiger partial charge in [-0.15, -0.1) is 0 Å². The van der Waals surface area contributed by atoms with Gasteiger partial charge in [0.15, 0.2) is 0 Å². The van der Waals surface area contributed by atoms with E-state index in [0.29, 0.717) is 6.42 Å². The lowest BCUT2D eigenvalue weighted by Gasteiger charge is -2.22. The lowest BCUT2D eigenvalue weighted by molar-refractivity contribution is -0.158. The molecule has 6 heteroatoms. The molecule has 1 N–H and O–H groups in total. The van der Waals surface area contributed by atoms with Crippen LogP contribution in [0.3, 0.4) is 0 Å². The molecule has 6 nitrogen and oxygen atoms in total. The van der Waals surface area contributed by atoms with Crippen molar-refractivity contribution in [1.29, 1.82) is 0 Å². The molecule has 0 saturated heterocycles. The molecule has 18 heavy (non-hydrogen) atoms. The first-order valence-corrected chi connectivity index (χ1v) is 5.76. The molecule has 0 heterocycles. The summed E-state index contributed by atoms with van der Waals surface area (Å²) in [6.45, 7) is 0.0433. The highest BCUT2D eigenvalue weighted by atomic mass is 16.5. The second-order valence-electron chi connectivity index (χ2n) is 4.48. The van der Waals surface area contributed by atoms with Crippen LogP contribution in [0.5, 0.6) is 0 Å². The molecule has 0 aromatic carbocycles. The Balaban J connectivity index is 1.98. The maximum absolute atomic E-state index is 11.9. The quantitative estimate of drug-likeness (QED) is 0.251. The number of hydrogen-bond acceptors (Lipinski definition) is 5. The van der Waals surface area contributed by atoms with Crippen LogP contribution in [0.1, 0.15) is 6.42 Å². The summed E-state index contributed by atoms with van der Waals surface area (Å²) in [7, 11) is 0. The first-order valence-electron chi connectivity index (χ1n) is 5.76. The molecule has 1 saturated carbocycles. The Kier molecular flexibility index (Phi) is 3.58. The minimum Gasteiger partial charge on any atom is -0.481 e. The number of hydrogen-bond donors (Lipinski definition) is 1. The molecule has 4 unspecified atom stereocenters. The largest absolute Gasteiger partial charge is 0.481 e. The van der Waals surface area contributed by atoms with Crippen LogP contribution in [-0.2, 0) is 19.1 Å². The Hall–Kier alpha value is -1.94. The van der Waals surface area contributed by atoms with Crippen LogP contribution < -0.4 is 0 Å². The topological polar surface area (TPSA) is 93.0 Å². The minimum absolute atomic E-state index is 0.0159. The van der Waals surface area contributed by atoms with Gasteiger partial charge in [-0.2, -0.15) is 0 Å². The molecule has 0 aromatic heterocycles.